The topological polar surface area (TPSA) is 97.3 Å². The van der Waals surface area contributed by atoms with E-state index in [1.165, 1.54) is 0 Å². The zero-order chi connectivity index (χ0) is 22.8. The molecule has 2 heterocycles. The molecule has 2 fully saturated rings. The van der Waals surface area contributed by atoms with Crippen LogP contribution in [0.5, 0.6) is 5.75 Å². The van der Waals surface area contributed by atoms with Gasteiger partial charge in [0.1, 0.15) is 24.0 Å². The van der Waals surface area contributed by atoms with Crippen molar-refractivity contribution in [1.82, 2.24) is 10.2 Å². The monoisotopic (exact) mass is 440 g/mol. The number of rotatable bonds is 7. The third-order valence-corrected chi connectivity index (χ3v) is 5.82. The van der Waals surface area contributed by atoms with Crippen LogP contribution in [0.1, 0.15) is 31.4 Å². The van der Waals surface area contributed by atoms with Gasteiger partial charge in [0.05, 0.1) is 6.61 Å². The fraction of sp³-hybridized carbons (Fsp3) is 0.417. The lowest BCUT2D eigenvalue weighted by Crippen LogP contribution is -2.52. The third-order valence-electron chi connectivity index (χ3n) is 5.82. The fourth-order valence-corrected chi connectivity index (χ4v) is 4.27. The molecule has 0 aliphatic carbocycles. The van der Waals surface area contributed by atoms with Crippen LogP contribution in [-0.2, 0) is 26.4 Å². The summed E-state index contributed by atoms with van der Waals surface area (Å²) in [7, 11) is 0. The molecule has 2 aromatic rings. The summed E-state index contributed by atoms with van der Waals surface area (Å²) in [6, 6.07) is 16.8. The van der Waals surface area contributed by atoms with Gasteiger partial charge in [0, 0.05) is 19.5 Å². The molecule has 8 heteroatoms. The van der Waals surface area contributed by atoms with Gasteiger partial charge in [-0.1, -0.05) is 42.5 Å². The van der Waals surface area contributed by atoms with E-state index in [-0.39, 0.29) is 12.0 Å². The van der Waals surface area contributed by atoms with Gasteiger partial charge in [0.25, 0.3) is 5.91 Å². The van der Waals surface area contributed by atoms with Crippen molar-refractivity contribution in [2.75, 3.05) is 19.7 Å². The highest BCUT2D eigenvalue weighted by atomic mass is 16.7. The molecule has 2 aromatic carbocycles. The van der Waals surface area contributed by atoms with Gasteiger partial charge in [-0.3, -0.25) is 4.79 Å². The molecule has 170 valence electrons. The van der Waals surface area contributed by atoms with Crippen molar-refractivity contribution < 1.29 is 28.9 Å². The van der Waals surface area contributed by atoms with Gasteiger partial charge in [-0.2, -0.15) is 0 Å². The molecule has 2 unspecified atom stereocenters. The van der Waals surface area contributed by atoms with Gasteiger partial charge in [0.15, 0.2) is 5.79 Å². The van der Waals surface area contributed by atoms with Crippen LogP contribution in [0.2, 0.25) is 0 Å². The first kappa shape index (κ1) is 22.1. The Bertz CT molecular complexity index is 962. The number of amides is 2. The summed E-state index contributed by atoms with van der Waals surface area (Å²) in [6.45, 7) is 5.25. The van der Waals surface area contributed by atoms with E-state index in [0.717, 1.165) is 5.56 Å². The van der Waals surface area contributed by atoms with Crippen molar-refractivity contribution in [2.45, 2.75) is 44.3 Å². The second-order valence-electron chi connectivity index (χ2n) is 8.59. The zero-order valence-electron chi connectivity index (χ0n) is 18.2. The molecule has 2 aliphatic rings. The first-order valence-electron chi connectivity index (χ1n) is 10.7. The Hall–Kier alpha value is -3.10. The maximum atomic E-state index is 13.4. The van der Waals surface area contributed by atoms with E-state index in [4.69, 9.17) is 14.2 Å². The van der Waals surface area contributed by atoms with Crippen LogP contribution < -0.4 is 10.1 Å². The van der Waals surface area contributed by atoms with Gasteiger partial charge in [-0.05, 0) is 37.1 Å². The summed E-state index contributed by atoms with van der Waals surface area (Å²) >= 11 is 0. The summed E-state index contributed by atoms with van der Waals surface area (Å²) in [4.78, 5) is 26.6. The highest BCUT2D eigenvalue weighted by Crippen LogP contribution is 2.35. The minimum absolute atomic E-state index is 0.247. The number of ether oxygens (including phenoxy) is 3. The quantitative estimate of drug-likeness (QED) is 0.687. The lowest BCUT2D eigenvalue weighted by atomic mass is 9.88. The average Bonchev–Trinajstić information content (AvgIpc) is 3.27. The van der Waals surface area contributed by atoms with E-state index >= 15 is 0 Å². The molecule has 2 atom stereocenters. The second-order valence-corrected chi connectivity index (χ2v) is 8.59. The summed E-state index contributed by atoms with van der Waals surface area (Å²) in [5, 5.41) is 12.0. The number of likely N-dealkylation sites (tertiary alicyclic amines) is 1. The van der Waals surface area contributed by atoms with Crippen molar-refractivity contribution in [3.05, 3.63) is 65.7 Å². The summed E-state index contributed by atoms with van der Waals surface area (Å²) < 4.78 is 17.2. The summed E-state index contributed by atoms with van der Waals surface area (Å²) in [5.74, 6) is -0.324. The highest BCUT2D eigenvalue weighted by molar-refractivity contribution is 5.92. The summed E-state index contributed by atoms with van der Waals surface area (Å²) in [5.41, 5.74) is 0.297. The van der Waals surface area contributed by atoms with Crippen LogP contribution in [0.3, 0.4) is 0 Å². The zero-order valence-corrected chi connectivity index (χ0v) is 18.2. The normalized spacial score (nSPS) is 24.5. The van der Waals surface area contributed by atoms with Gasteiger partial charge >= 0.3 is 6.09 Å². The number of benzene rings is 2. The first-order valence-corrected chi connectivity index (χ1v) is 10.7. The number of nitrogens with zero attached hydrogens (tertiary/aromatic N) is 1. The lowest BCUT2D eigenvalue weighted by Gasteiger charge is -2.29. The van der Waals surface area contributed by atoms with Gasteiger partial charge in [-0.15, -0.1) is 0 Å². The van der Waals surface area contributed by atoms with Crippen molar-refractivity contribution in [2.24, 2.45) is 0 Å². The van der Waals surface area contributed by atoms with Gasteiger partial charge in [0.2, 0.25) is 0 Å². The van der Waals surface area contributed by atoms with Gasteiger partial charge < -0.3 is 29.5 Å². The van der Waals surface area contributed by atoms with Gasteiger partial charge in [-0.25, -0.2) is 4.79 Å². The molecule has 8 nitrogen and oxygen atoms in total. The fourth-order valence-electron chi connectivity index (χ4n) is 4.27. The van der Waals surface area contributed by atoms with Crippen LogP contribution in [0.4, 0.5) is 4.79 Å². The number of hydrogen-bond donors (Lipinski definition) is 2. The van der Waals surface area contributed by atoms with Crippen LogP contribution in [0.25, 0.3) is 0 Å². The maximum absolute atomic E-state index is 13.4. The van der Waals surface area contributed by atoms with Crippen molar-refractivity contribution in [3.8, 4) is 5.75 Å². The highest BCUT2D eigenvalue weighted by Gasteiger charge is 2.50. The predicted octanol–water partition coefficient (Wildman–Crippen LogP) is 3.11. The molecule has 2 aliphatic heterocycles. The largest absolute Gasteiger partial charge is 0.489 e. The van der Waals surface area contributed by atoms with E-state index in [1.807, 2.05) is 44.2 Å². The summed E-state index contributed by atoms with van der Waals surface area (Å²) in [6.07, 6.45) is -1.16. The minimum Gasteiger partial charge on any atom is -0.489 e. The Balaban J connectivity index is 1.48. The maximum Gasteiger partial charge on any atom is 0.405 e. The minimum atomic E-state index is -1.33. The van der Waals surface area contributed by atoms with E-state index < -0.39 is 17.4 Å². The van der Waals surface area contributed by atoms with E-state index in [0.29, 0.717) is 44.0 Å². The van der Waals surface area contributed by atoms with Crippen molar-refractivity contribution in [1.29, 1.82) is 0 Å². The van der Waals surface area contributed by atoms with E-state index in [9.17, 15) is 14.7 Å². The molecule has 2 amide bonds. The van der Waals surface area contributed by atoms with Crippen LogP contribution in [0, 0.1) is 0 Å². The smallest absolute Gasteiger partial charge is 0.405 e. The van der Waals surface area contributed by atoms with Crippen LogP contribution in [0.15, 0.2) is 54.6 Å². The number of carbonyl (C=O) groups excluding carboxylic acids is 1. The van der Waals surface area contributed by atoms with Crippen LogP contribution in [-0.4, -0.2) is 53.6 Å². The average molecular weight is 440 g/mol. The Morgan fingerprint density at radius 1 is 1.19 bits per heavy atom. The van der Waals surface area contributed by atoms with Crippen molar-refractivity contribution >= 4 is 12.0 Å². The number of carbonyl (C=O) groups is 2. The number of hydrogen-bond acceptors (Lipinski definition) is 5. The number of carboxylic acid groups (broad SMARTS) is 1. The molecule has 2 N–H and O–H groups in total. The standard InChI is InChI=1S/C24H28N2O6/c1-23(2)31-16-20(32-23)14-26-13-12-24(21(26)27,25-22(28)29)18-8-10-19(11-9-18)30-15-17-6-4-3-5-7-17/h3-11,20,25H,12-16H2,1-2H3,(H,28,29). The molecule has 4 rings (SSSR count). The Morgan fingerprint density at radius 2 is 1.91 bits per heavy atom. The molecular weight excluding hydrogens is 412 g/mol. The first-order chi connectivity index (χ1) is 15.3. The molecule has 0 bridgehead atoms. The Kier molecular flexibility index (Phi) is 6.08. The Labute approximate surface area is 187 Å². The molecule has 0 saturated carbocycles. The molecule has 0 spiro atoms. The third kappa shape index (κ3) is 4.71. The lowest BCUT2D eigenvalue weighted by molar-refractivity contribution is -0.146. The van der Waals surface area contributed by atoms with Crippen molar-refractivity contribution in [3.63, 3.8) is 0 Å². The molecule has 32 heavy (non-hydrogen) atoms. The molecule has 0 radical (unpaired) electrons. The molecule has 2 saturated heterocycles. The molecular formula is C24H28N2O6. The van der Waals surface area contributed by atoms with E-state index in [1.54, 1.807) is 29.2 Å². The second kappa shape index (κ2) is 8.80. The van der Waals surface area contributed by atoms with Crippen LogP contribution >= 0.6 is 0 Å². The SMILES string of the molecule is CC1(C)OCC(CN2CCC(NC(=O)O)(c3ccc(OCc4ccccc4)cc3)C2=O)O1. The number of nitrogens with one attached hydrogen (secondary N) is 1. The Morgan fingerprint density at radius 3 is 2.53 bits per heavy atom. The van der Waals surface area contributed by atoms with E-state index in [2.05, 4.69) is 5.32 Å². The predicted molar refractivity (Wildman–Crippen MR) is 116 cm³/mol. The molecule has 0 aromatic heterocycles.